The van der Waals surface area contributed by atoms with Gasteiger partial charge >= 0.3 is 16.1 Å². The summed E-state index contributed by atoms with van der Waals surface area (Å²) in [4.78, 5) is 25.3. The third-order valence-electron chi connectivity index (χ3n) is 4.96. The lowest BCUT2D eigenvalue weighted by Crippen LogP contribution is -2.44. The van der Waals surface area contributed by atoms with Crippen molar-refractivity contribution in [1.29, 1.82) is 0 Å². The summed E-state index contributed by atoms with van der Waals surface area (Å²) in [5.41, 5.74) is 1.16. The number of rotatable bonds is 10. The number of ether oxygens (including phenoxy) is 1. The molecule has 3 amide bonds. The maximum atomic E-state index is 12.8. The van der Waals surface area contributed by atoms with Crippen LogP contribution in [0.15, 0.2) is 47.4 Å². The molecule has 0 spiro atoms. The zero-order valence-electron chi connectivity index (χ0n) is 19.5. The molecule has 0 radical (unpaired) electrons. The van der Waals surface area contributed by atoms with Crippen molar-refractivity contribution in [3.63, 3.8) is 0 Å². The van der Waals surface area contributed by atoms with Gasteiger partial charge in [0.05, 0.1) is 7.11 Å². The van der Waals surface area contributed by atoms with Gasteiger partial charge in [0.25, 0.3) is 0 Å². The molecule has 10 heteroatoms. The molecule has 0 aromatic heterocycles. The third-order valence-corrected chi connectivity index (χ3v) is 6.20. The van der Waals surface area contributed by atoms with Crippen LogP contribution in [0.3, 0.4) is 0 Å². The van der Waals surface area contributed by atoms with Crippen LogP contribution in [-0.4, -0.2) is 45.0 Å². The summed E-state index contributed by atoms with van der Waals surface area (Å²) in [5, 5.41) is 5.38. The van der Waals surface area contributed by atoms with Crippen LogP contribution in [0.5, 0.6) is 11.5 Å². The van der Waals surface area contributed by atoms with E-state index in [1.54, 1.807) is 23.1 Å². The van der Waals surface area contributed by atoms with E-state index in [9.17, 15) is 18.0 Å². The van der Waals surface area contributed by atoms with Crippen molar-refractivity contribution in [3.8, 4) is 11.5 Å². The van der Waals surface area contributed by atoms with E-state index in [2.05, 4.69) is 10.6 Å². The second-order valence-corrected chi connectivity index (χ2v) is 9.00. The van der Waals surface area contributed by atoms with Gasteiger partial charge in [-0.05, 0) is 62.2 Å². The van der Waals surface area contributed by atoms with Crippen LogP contribution >= 0.6 is 0 Å². The Morgan fingerprint density at radius 1 is 1.06 bits per heavy atom. The Bertz CT molecular complexity index is 1070. The number of urea groups is 1. The quantitative estimate of drug-likeness (QED) is 0.504. The highest BCUT2D eigenvalue weighted by Crippen LogP contribution is 2.32. The standard InChI is InChI=1S/C23H31N3O6S/c1-6-16(3)26(23(28)24-7-2)15-18-8-13-21(31-5)22(14-18)32-33(29,30)20-11-9-19(10-12-20)25-17(4)27/h8-14,16H,6-7,15H2,1-5H3,(H,24,28)(H,25,27)/t16-/m0/s1. The zero-order valence-corrected chi connectivity index (χ0v) is 20.4. The van der Waals surface area contributed by atoms with E-state index in [0.717, 1.165) is 6.42 Å². The molecular formula is C23H31N3O6S. The SMILES string of the molecule is CCNC(=O)N(Cc1ccc(OC)c(OS(=O)(=O)c2ccc(NC(C)=O)cc2)c1)[C@@H](C)CC. The zero-order chi connectivity index (χ0) is 24.6. The van der Waals surface area contributed by atoms with Crippen molar-refractivity contribution in [2.75, 3.05) is 19.0 Å². The predicted octanol–water partition coefficient (Wildman–Crippen LogP) is 3.75. The van der Waals surface area contributed by atoms with Gasteiger partial charge in [0.1, 0.15) is 4.90 Å². The second-order valence-electron chi connectivity index (χ2n) is 7.45. The van der Waals surface area contributed by atoms with Crippen molar-refractivity contribution in [3.05, 3.63) is 48.0 Å². The monoisotopic (exact) mass is 477 g/mol. The predicted molar refractivity (Wildman–Crippen MR) is 126 cm³/mol. The van der Waals surface area contributed by atoms with Gasteiger partial charge in [-0.25, -0.2) is 4.79 Å². The number of carbonyl (C=O) groups is 2. The topological polar surface area (TPSA) is 114 Å². The highest BCUT2D eigenvalue weighted by atomic mass is 32.2. The minimum Gasteiger partial charge on any atom is -0.493 e. The first kappa shape index (κ1) is 26.0. The van der Waals surface area contributed by atoms with Gasteiger partial charge in [-0.2, -0.15) is 8.42 Å². The normalized spacial score (nSPS) is 11.9. The van der Waals surface area contributed by atoms with Crippen molar-refractivity contribution >= 4 is 27.7 Å². The molecule has 2 aromatic carbocycles. The minimum absolute atomic E-state index is 0.0148. The lowest BCUT2D eigenvalue weighted by Gasteiger charge is -2.29. The fourth-order valence-electron chi connectivity index (χ4n) is 3.06. The number of carbonyl (C=O) groups excluding carboxylic acids is 2. The molecular weight excluding hydrogens is 446 g/mol. The largest absolute Gasteiger partial charge is 0.493 e. The lowest BCUT2D eigenvalue weighted by atomic mass is 10.1. The number of amides is 3. The number of hydrogen-bond donors (Lipinski definition) is 2. The Balaban J connectivity index is 2.31. The summed E-state index contributed by atoms with van der Waals surface area (Å²) >= 11 is 0. The fraction of sp³-hybridized carbons (Fsp3) is 0.391. The van der Waals surface area contributed by atoms with E-state index < -0.39 is 10.1 Å². The molecule has 2 rings (SSSR count). The third kappa shape index (κ3) is 7.11. The van der Waals surface area contributed by atoms with Gasteiger partial charge in [-0.1, -0.05) is 13.0 Å². The summed E-state index contributed by atoms with van der Waals surface area (Å²) in [7, 11) is -2.75. The van der Waals surface area contributed by atoms with E-state index in [1.807, 2.05) is 20.8 Å². The molecule has 180 valence electrons. The van der Waals surface area contributed by atoms with Crippen LogP contribution in [-0.2, 0) is 21.5 Å². The molecule has 0 aliphatic carbocycles. The van der Waals surface area contributed by atoms with Crippen LogP contribution in [0.2, 0.25) is 0 Å². The molecule has 0 saturated carbocycles. The van der Waals surface area contributed by atoms with Crippen LogP contribution < -0.4 is 19.6 Å². The number of anilines is 1. The van der Waals surface area contributed by atoms with Gasteiger partial charge in [0, 0.05) is 31.7 Å². The lowest BCUT2D eigenvalue weighted by molar-refractivity contribution is -0.114. The van der Waals surface area contributed by atoms with Crippen LogP contribution in [0.1, 0.15) is 39.7 Å². The molecule has 0 aliphatic rings. The molecule has 0 aliphatic heterocycles. The number of methoxy groups -OCH3 is 1. The number of nitrogens with one attached hydrogen (secondary N) is 2. The van der Waals surface area contributed by atoms with Crippen molar-refractivity contribution < 1.29 is 26.9 Å². The minimum atomic E-state index is -4.17. The van der Waals surface area contributed by atoms with Crippen LogP contribution in [0.25, 0.3) is 0 Å². The van der Waals surface area contributed by atoms with E-state index >= 15 is 0 Å². The van der Waals surface area contributed by atoms with E-state index in [4.69, 9.17) is 8.92 Å². The van der Waals surface area contributed by atoms with Gasteiger partial charge in [-0.3, -0.25) is 4.79 Å². The number of nitrogens with zero attached hydrogens (tertiary/aromatic N) is 1. The van der Waals surface area contributed by atoms with Gasteiger partial charge in [-0.15, -0.1) is 0 Å². The van der Waals surface area contributed by atoms with Crippen LogP contribution in [0, 0.1) is 0 Å². The summed E-state index contributed by atoms with van der Waals surface area (Å²) < 4.78 is 36.4. The molecule has 9 nitrogen and oxygen atoms in total. The van der Waals surface area contributed by atoms with Gasteiger partial charge < -0.3 is 24.5 Å². The van der Waals surface area contributed by atoms with E-state index in [0.29, 0.717) is 17.8 Å². The number of hydrogen-bond acceptors (Lipinski definition) is 6. The fourth-order valence-corrected chi connectivity index (χ4v) is 3.99. The average molecular weight is 478 g/mol. The maximum absolute atomic E-state index is 12.8. The first-order valence-electron chi connectivity index (χ1n) is 10.6. The van der Waals surface area contributed by atoms with Crippen molar-refractivity contribution in [2.45, 2.75) is 51.6 Å². The summed E-state index contributed by atoms with van der Waals surface area (Å²) in [6.45, 7) is 7.92. The Labute approximate surface area is 195 Å². The summed E-state index contributed by atoms with van der Waals surface area (Å²) in [6.07, 6.45) is 0.763. The van der Waals surface area contributed by atoms with Gasteiger partial charge in [0.2, 0.25) is 5.91 Å². The first-order valence-corrected chi connectivity index (χ1v) is 12.1. The Morgan fingerprint density at radius 2 is 1.73 bits per heavy atom. The van der Waals surface area contributed by atoms with Crippen molar-refractivity contribution in [2.24, 2.45) is 0 Å². The van der Waals surface area contributed by atoms with Gasteiger partial charge in [0.15, 0.2) is 11.5 Å². The van der Waals surface area contributed by atoms with Crippen molar-refractivity contribution in [1.82, 2.24) is 10.2 Å². The highest BCUT2D eigenvalue weighted by molar-refractivity contribution is 7.87. The van der Waals surface area contributed by atoms with Crippen LogP contribution in [0.4, 0.5) is 10.5 Å². The molecule has 33 heavy (non-hydrogen) atoms. The Morgan fingerprint density at radius 3 is 2.27 bits per heavy atom. The van der Waals surface area contributed by atoms with E-state index in [1.165, 1.54) is 38.3 Å². The highest BCUT2D eigenvalue weighted by Gasteiger charge is 2.22. The summed E-state index contributed by atoms with van der Waals surface area (Å²) in [5.74, 6) is -0.00584. The Kier molecular flexibility index (Phi) is 9.10. The molecule has 0 fully saturated rings. The Hall–Kier alpha value is -3.27. The molecule has 2 N–H and O–H groups in total. The molecule has 2 aromatic rings. The molecule has 0 bridgehead atoms. The molecule has 1 atom stereocenters. The maximum Gasteiger partial charge on any atom is 0.339 e. The number of benzene rings is 2. The molecule has 0 unspecified atom stereocenters. The molecule has 0 saturated heterocycles. The smallest absolute Gasteiger partial charge is 0.339 e. The van der Waals surface area contributed by atoms with E-state index in [-0.39, 0.29) is 40.9 Å². The second kappa shape index (κ2) is 11.6. The molecule has 0 heterocycles. The summed E-state index contributed by atoms with van der Waals surface area (Å²) in [6, 6.07) is 10.3. The average Bonchev–Trinajstić information content (AvgIpc) is 2.77. The first-order chi connectivity index (χ1) is 15.6.